The summed E-state index contributed by atoms with van der Waals surface area (Å²) < 4.78 is 5.71. The number of benzene rings is 2. The molecule has 2 aliphatic rings. The van der Waals surface area contributed by atoms with Gasteiger partial charge >= 0.3 is 5.97 Å². The van der Waals surface area contributed by atoms with Crippen molar-refractivity contribution in [3.63, 3.8) is 0 Å². The smallest absolute Gasteiger partial charge is 0.317 e. The number of carbonyl (C=O) groups excluding carboxylic acids is 2. The lowest BCUT2D eigenvalue weighted by molar-refractivity contribution is -0.153. The van der Waals surface area contributed by atoms with Crippen LogP contribution < -0.4 is 9.96 Å². The van der Waals surface area contributed by atoms with Gasteiger partial charge in [0.05, 0.1) is 11.1 Å². The molecule has 170 valence electrons. The predicted octanol–water partition coefficient (Wildman–Crippen LogP) is 5.76. The predicted molar refractivity (Wildman–Crippen MR) is 122 cm³/mol. The molecule has 6 nitrogen and oxygen atoms in total. The number of ether oxygens (including phenoxy) is 1. The molecule has 4 rings (SSSR count). The highest BCUT2D eigenvalue weighted by Crippen LogP contribution is 2.57. The molecule has 3 atom stereocenters. The van der Waals surface area contributed by atoms with Crippen LogP contribution in [-0.4, -0.2) is 17.0 Å². The summed E-state index contributed by atoms with van der Waals surface area (Å²) >= 11 is 0. The zero-order chi connectivity index (χ0) is 23.3. The highest BCUT2D eigenvalue weighted by atomic mass is 16.8. The Bertz CT molecular complexity index is 1040. The first-order valence-electron chi connectivity index (χ1n) is 11.2. The van der Waals surface area contributed by atoms with E-state index in [1.54, 1.807) is 0 Å². The van der Waals surface area contributed by atoms with Crippen molar-refractivity contribution < 1.29 is 19.5 Å². The van der Waals surface area contributed by atoms with E-state index in [0.29, 0.717) is 24.5 Å². The minimum absolute atomic E-state index is 0.0523. The van der Waals surface area contributed by atoms with E-state index < -0.39 is 5.41 Å². The van der Waals surface area contributed by atoms with Crippen LogP contribution >= 0.6 is 0 Å². The standard InChI is InChI=1S/C26H30NO5/c1-16(2)17-6-11-21-20(14-17)22(28)15-23-25(21,3)12-5-13-26(23,4)24(29)32-19-9-7-18(8-10-19)27(30)31/h6-11,14,16,23,30H,5,12-13,15H2,1-4H3/q-1/t23-,25-,26-/m1/s1. The van der Waals surface area contributed by atoms with Crippen molar-refractivity contribution >= 4 is 17.4 Å². The van der Waals surface area contributed by atoms with Crippen LogP contribution in [0, 0.1) is 16.5 Å². The van der Waals surface area contributed by atoms with Crippen molar-refractivity contribution in [1.29, 1.82) is 0 Å². The number of carbonyl (C=O) groups is 2. The second-order valence-electron chi connectivity index (χ2n) is 9.98. The Labute approximate surface area is 188 Å². The molecule has 0 unspecified atom stereocenters. The molecule has 1 fully saturated rings. The average molecular weight is 437 g/mol. The van der Waals surface area contributed by atoms with Gasteiger partial charge in [-0.1, -0.05) is 39.3 Å². The number of anilines is 1. The Balaban J connectivity index is 1.66. The van der Waals surface area contributed by atoms with Crippen LogP contribution in [0.3, 0.4) is 0 Å². The molecule has 1 N–H and O–H groups in total. The summed E-state index contributed by atoms with van der Waals surface area (Å²) in [7, 11) is 0. The second-order valence-corrected chi connectivity index (χ2v) is 9.98. The van der Waals surface area contributed by atoms with Crippen LogP contribution in [0.5, 0.6) is 5.75 Å². The second kappa shape index (κ2) is 8.01. The van der Waals surface area contributed by atoms with E-state index in [0.717, 1.165) is 29.5 Å². The number of esters is 1. The zero-order valence-electron chi connectivity index (χ0n) is 19.1. The quantitative estimate of drug-likeness (QED) is 0.372. The maximum Gasteiger partial charge on any atom is 0.317 e. The number of nitrogens with zero attached hydrogens (tertiary/aromatic N) is 1. The summed E-state index contributed by atoms with van der Waals surface area (Å²) in [6, 6.07) is 12.0. The van der Waals surface area contributed by atoms with Gasteiger partial charge in [-0.05, 0) is 78.5 Å². The molecule has 0 aromatic heterocycles. The fourth-order valence-corrected chi connectivity index (χ4v) is 5.70. The molecule has 0 spiro atoms. The number of rotatable bonds is 4. The van der Waals surface area contributed by atoms with Crippen LogP contribution in [0.15, 0.2) is 42.5 Å². The summed E-state index contributed by atoms with van der Waals surface area (Å²) in [5.41, 5.74) is 1.96. The molecule has 0 amide bonds. The van der Waals surface area contributed by atoms with Crippen molar-refractivity contribution in [3.05, 3.63) is 64.4 Å². The average Bonchev–Trinajstić information content (AvgIpc) is 2.75. The third-order valence-corrected chi connectivity index (χ3v) is 7.68. The van der Waals surface area contributed by atoms with Gasteiger partial charge in [0.2, 0.25) is 0 Å². The molecule has 0 heterocycles. The van der Waals surface area contributed by atoms with E-state index in [9.17, 15) is 14.8 Å². The molecule has 0 aliphatic heterocycles. The fourth-order valence-electron chi connectivity index (χ4n) is 5.70. The van der Waals surface area contributed by atoms with Gasteiger partial charge < -0.3 is 15.2 Å². The normalized spacial score (nSPS) is 27.0. The van der Waals surface area contributed by atoms with Gasteiger partial charge in [-0.3, -0.25) is 14.8 Å². The molecular formula is C26H30NO5-. The van der Waals surface area contributed by atoms with Gasteiger partial charge in [0.25, 0.3) is 0 Å². The topological polar surface area (TPSA) is 89.9 Å². The van der Waals surface area contributed by atoms with Gasteiger partial charge in [0.1, 0.15) is 5.75 Å². The van der Waals surface area contributed by atoms with Crippen LogP contribution in [-0.2, 0) is 10.2 Å². The molecule has 6 heteroatoms. The summed E-state index contributed by atoms with van der Waals surface area (Å²) in [4.78, 5) is 26.6. The number of hydrogen-bond acceptors (Lipinski definition) is 6. The third kappa shape index (κ3) is 3.61. The highest BCUT2D eigenvalue weighted by molar-refractivity contribution is 6.00. The Morgan fingerprint density at radius 3 is 2.47 bits per heavy atom. The molecule has 2 aromatic carbocycles. The Morgan fingerprint density at radius 2 is 1.84 bits per heavy atom. The van der Waals surface area contributed by atoms with Gasteiger partial charge in [-0.2, -0.15) is 0 Å². The van der Waals surface area contributed by atoms with E-state index in [2.05, 4.69) is 32.9 Å². The summed E-state index contributed by atoms with van der Waals surface area (Å²) in [5.74, 6) is 0.220. The first-order valence-corrected chi connectivity index (χ1v) is 11.2. The molecule has 2 aromatic rings. The van der Waals surface area contributed by atoms with Crippen LogP contribution in [0.25, 0.3) is 0 Å². The summed E-state index contributed by atoms with van der Waals surface area (Å²) in [6.07, 6.45) is 2.77. The van der Waals surface area contributed by atoms with Crippen molar-refractivity contribution in [3.8, 4) is 5.75 Å². The Morgan fingerprint density at radius 1 is 1.16 bits per heavy atom. The van der Waals surface area contributed by atoms with Crippen molar-refractivity contribution in [2.24, 2.45) is 11.3 Å². The van der Waals surface area contributed by atoms with Crippen LogP contribution in [0.2, 0.25) is 0 Å². The number of hydrogen-bond donors (Lipinski definition) is 1. The largest absolute Gasteiger partial charge is 0.733 e. The summed E-state index contributed by atoms with van der Waals surface area (Å²) in [6.45, 7) is 8.34. The van der Waals surface area contributed by atoms with E-state index in [4.69, 9.17) is 9.94 Å². The van der Waals surface area contributed by atoms with Gasteiger partial charge in [0, 0.05) is 12.0 Å². The number of fused-ring (bicyclic) bond motifs is 3. The Kier molecular flexibility index (Phi) is 5.63. The zero-order valence-corrected chi connectivity index (χ0v) is 19.1. The number of ketones is 1. The molecule has 2 aliphatic carbocycles. The lowest BCUT2D eigenvalue weighted by Crippen LogP contribution is -2.54. The van der Waals surface area contributed by atoms with Crippen molar-refractivity contribution in [1.82, 2.24) is 0 Å². The van der Waals surface area contributed by atoms with E-state index in [-0.39, 0.29) is 34.0 Å². The first kappa shape index (κ1) is 22.5. The lowest BCUT2D eigenvalue weighted by atomic mass is 9.49. The van der Waals surface area contributed by atoms with E-state index >= 15 is 0 Å². The molecule has 32 heavy (non-hydrogen) atoms. The molecule has 1 saturated carbocycles. The van der Waals surface area contributed by atoms with Gasteiger partial charge in [0.15, 0.2) is 5.78 Å². The highest BCUT2D eigenvalue weighted by Gasteiger charge is 2.57. The third-order valence-electron chi connectivity index (χ3n) is 7.68. The number of Topliss-reactive ketones (excluding diaryl/α,β-unsaturated/α-hetero) is 1. The maximum absolute atomic E-state index is 13.4. The van der Waals surface area contributed by atoms with E-state index in [1.165, 1.54) is 24.3 Å². The minimum atomic E-state index is -0.808. The van der Waals surface area contributed by atoms with Crippen LogP contribution in [0.1, 0.15) is 80.8 Å². The molecule has 0 bridgehead atoms. The van der Waals surface area contributed by atoms with Gasteiger partial charge in [-0.25, -0.2) is 0 Å². The monoisotopic (exact) mass is 436 g/mol. The van der Waals surface area contributed by atoms with Crippen molar-refractivity contribution in [2.45, 2.75) is 64.7 Å². The van der Waals surface area contributed by atoms with E-state index in [1.807, 2.05) is 13.0 Å². The lowest BCUT2D eigenvalue weighted by Gasteiger charge is -2.53. The minimum Gasteiger partial charge on any atom is -0.733 e. The van der Waals surface area contributed by atoms with Crippen molar-refractivity contribution in [2.75, 3.05) is 5.23 Å². The maximum atomic E-state index is 13.4. The summed E-state index contributed by atoms with van der Waals surface area (Å²) in [5, 5.41) is 19.7. The fraction of sp³-hybridized carbons (Fsp3) is 0.462. The SMILES string of the molecule is CC(C)c1ccc2c(c1)C(=O)C[C@H]1[C@](C)(C(=O)Oc3ccc(N([O-])O)cc3)CCC[C@]21C. The van der Waals surface area contributed by atoms with Crippen LogP contribution in [0.4, 0.5) is 5.69 Å². The molecule has 0 saturated heterocycles. The Hall–Kier alpha value is -2.70. The molecular weight excluding hydrogens is 406 g/mol. The molecule has 0 radical (unpaired) electrons. The van der Waals surface area contributed by atoms with Gasteiger partial charge in [-0.15, -0.1) is 0 Å². The first-order chi connectivity index (χ1) is 15.1.